The summed E-state index contributed by atoms with van der Waals surface area (Å²) in [6, 6.07) is 5.28. The lowest BCUT2D eigenvalue weighted by atomic mass is 9.94. The Morgan fingerprint density at radius 3 is 2.30 bits per heavy atom. The SMILES string of the molecule is O=CN(C(=O)c1ccc([N+](=O)[O-])cc1)C1CCCCC1. The minimum atomic E-state index is -0.521. The first kappa shape index (κ1) is 14.2. The maximum atomic E-state index is 12.3. The Balaban J connectivity index is 2.15. The molecule has 1 aromatic rings. The van der Waals surface area contributed by atoms with Crippen LogP contribution in [0.5, 0.6) is 0 Å². The van der Waals surface area contributed by atoms with Crippen molar-refractivity contribution in [2.45, 2.75) is 38.1 Å². The van der Waals surface area contributed by atoms with E-state index in [2.05, 4.69) is 0 Å². The number of non-ortho nitro benzene ring substituents is 1. The highest BCUT2D eigenvalue weighted by Crippen LogP contribution is 2.23. The topological polar surface area (TPSA) is 80.5 Å². The molecule has 0 heterocycles. The van der Waals surface area contributed by atoms with Crippen LogP contribution in [-0.4, -0.2) is 28.2 Å². The fourth-order valence-corrected chi connectivity index (χ4v) is 2.53. The van der Waals surface area contributed by atoms with Gasteiger partial charge in [-0.1, -0.05) is 19.3 Å². The number of nitro benzene ring substituents is 1. The van der Waals surface area contributed by atoms with Crippen molar-refractivity contribution >= 4 is 18.0 Å². The van der Waals surface area contributed by atoms with Gasteiger partial charge in [0, 0.05) is 23.7 Å². The van der Waals surface area contributed by atoms with Crippen molar-refractivity contribution in [3.8, 4) is 0 Å². The molecule has 6 nitrogen and oxygen atoms in total. The molecule has 0 aliphatic heterocycles. The second kappa shape index (κ2) is 6.27. The Bertz CT molecular complexity index is 506. The summed E-state index contributed by atoms with van der Waals surface area (Å²) in [5, 5.41) is 10.6. The summed E-state index contributed by atoms with van der Waals surface area (Å²) in [5.74, 6) is -0.387. The van der Waals surface area contributed by atoms with Gasteiger partial charge in [0.1, 0.15) is 0 Å². The molecule has 106 valence electrons. The fraction of sp³-hybridized carbons (Fsp3) is 0.429. The van der Waals surface area contributed by atoms with Crippen LogP contribution in [0.2, 0.25) is 0 Å². The lowest BCUT2D eigenvalue weighted by molar-refractivity contribution is -0.384. The maximum absolute atomic E-state index is 12.3. The standard InChI is InChI=1S/C14H16N2O4/c17-10-15(12-4-2-1-3-5-12)14(18)11-6-8-13(9-7-11)16(19)20/h6-10,12H,1-5H2. The highest BCUT2D eigenvalue weighted by Gasteiger charge is 2.26. The molecule has 0 unspecified atom stereocenters. The Morgan fingerprint density at radius 2 is 1.80 bits per heavy atom. The van der Waals surface area contributed by atoms with Crippen LogP contribution in [0.25, 0.3) is 0 Å². The number of hydrogen-bond donors (Lipinski definition) is 0. The molecule has 2 rings (SSSR count). The number of nitrogens with zero attached hydrogens (tertiary/aromatic N) is 2. The van der Waals surface area contributed by atoms with Crippen molar-refractivity contribution in [1.82, 2.24) is 4.90 Å². The average Bonchev–Trinajstić information content (AvgIpc) is 2.49. The molecule has 1 saturated carbocycles. The van der Waals surface area contributed by atoms with Gasteiger partial charge in [0.25, 0.3) is 11.6 Å². The van der Waals surface area contributed by atoms with E-state index in [-0.39, 0.29) is 17.6 Å². The van der Waals surface area contributed by atoms with Crippen molar-refractivity contribution in [2.24, 2.45) is 0 Å². The second-order valence-electron chi connectivity index (χ2n) is 4.91. The van der Waals surface area contributed by atoms with Gasteiger partial charge in [0.2, 0.25) is 6.41 Å². The number of imide groups is 1. The van der Waals surface area contributed by atoms with E-state index in [1.807, 2.05) is 0 Å². The van der Waals surface area contributed by atoms with Gasteiger partial charge in [-0.3, -0.25) is 24.6 Å². The van der Waals surface area contributed by atoms with Crippen LogP contribution in [0.1, 0.15) is 42.5 Å². The van der Waals surface area contributed by atoms with Crippen LogP contribution in [0.4, 0.5) is 5.69 Å². The van der Waals surface area contributed by atoms with Crippen LogP contribution in [-0.2, 0) is 4.79 Å². The molecule has 1 fully saturated rings. The first-order valence-electron chi connectivity index (χ1n) is 6.66. The quantitative estimate of drug-likeness (QED) is 0.480. The zero-order valence-electron chi connectivity index (χ0n) is 11.0. The highest BCUT2D eigenvalue weighted by atomic mass is 16.6. The van der Waals surface area contributed by atoms with E-state index in [0.29, 0.717) is 12.0 Å². The molecule has 6 heteroatoms. The van der Waals surface area contributed by atoms with Gasteiger partial charge in [-0.15, -0.1) is 0 Å². The van der Waals surface area contributed by atoms with Gasteiger partial charge in [0.05, 0.1) is 4.92 Å². The van der Waals surface area contributed by atoms with E-state index < -0.39 is 4.92 Å². The van der Waals surface area contributed by atoms with E-state index in [9.17, 15) is 19.7 Å². The molecule has 1 aromatic carbocycles. The van der Waals surface area contributed by atoms with Gasteiger partial charge in [-0.05, 0) is 25.0 Å². The van der Waals surface area contributed by atoms with E-state index in [4.69, 9.17) is 0 Å². The third-order valence-electron chi connectivity index (χ3n) is 3.64. The number of hydrogen-bond acceptors (Lipinski definition) is 4. The summed E-state index contributed by atoms with van der Waals surface area (Å²) in [7, 11) is 0. The molecular formula is C14H16N2O4. The molecular weight excluding hydrogens is 260 g/mol. The largest absolute Gasteiger partial charge is 0.278 e. The van der Waals surface area contributed by atoms with Crippen LogP contribution < -0.4 is 0 Å². The third-order valence-corrected chi connectivity index (χ3v) is 3.64. The molecule has 0 atom stereocenters. The summed E-state index contributed by atoms with van der Waals surface area (Å²) in [5.41, 5.74) is 0.227. The molecule has 1 aliphatic carbocycles. The smallest absolute Gasteiger partial charge is 0.269 e. The lowest BCUT2D eigenvalue weighted by Gasteiger charge is -2.29. The summed E-state index contributed by atoms with van der Waals surface area (Å²) < 4.78 is 0. The van der Waals surface area contributed by atoms with Crippen LogP contribution in [0, 0.1) is 10.1 Å². The highest BCUT2D eigenvalue weighted by molar-refractivity contribution is 6.00. The molecule has 0 spiro atoms. The molecule has 0 N–H and O–H groups in total. The summed E-state index contributed by atoms with van der Waals surface area (Å²) >= 11 is 0. The third kappa shape index (κ3) is 3.01. The first-order chi connectivity index (χ1) is 9.63. The first-order valence-corrected chi connectivity index (χ1v) is 6.66. The Morgan fingerprint density at radius 1 is 1.20 bits per heavy atom. The average molecular weight is 276 g/mol. The van der Waals surface area contributed by atoms with E-state index in [1.165, 1.54) is 29.2 Å². The lowest BCUT2D eigenvalue weighted by Crippen LogP contribution is -2.40. The minimum absolute atomic E-state index is 0.0519. The van der Waals surface area contributed by atoms with Crippen molar-refractivity contribution in [3.63, 3.8) is 0 Å². The second-order valence-corrected chi connectivity index (χ2v) is 4.91. The number of amides is 2. The zero-order chi connectivity index (χ0) is 14.5. The maximum Gasteiger partial charge on any atom is 0.269 e. The molecule has 2 amide bonds. The number of nitro groups is 1. The van der Waals surface area contributed by atoms with Crippen LogP contribution in [0.3, 0.4) is 0 Å². The fourth-order valence-electron chi connectivity index (χ4n) is 2.53. The molecule has 1 aliphatic rings. The molecule has 0 saturated heterocycles. The van der Waals surface area contributed by atoms with Gasteiger partial charge in [-0.25, -0.2) is 0 Å². The zero-order valence-corrected chi connectivity index (χ0v) is 11.0. The van der Waals surface area contributed by atoms with Crippen LogP contribution in [0.15, 0.2) is 24.3 Å². The monoisotopic (exact) mass is 276 g/mol. The predicted molar refractivity (Wildman–Crippen MR) is 72.2 cm³/mol. The molecule has 0 aromatic heterocycles. The van der Waals surface area contributed by atoms with E-state index >= 15 is 0 Å². The Labute approximate surface area is 116 Å². The van der Waals surface area contributed by atoms with Crippen molar-refractivity contribution in [3.05, 3.63) is 39.9 Å². The van der Waals surface area contributed by atoms with Gasteiger partial charge in [0.15, 0.2) is 0 Å². The van der Waals surface area contributed by atoms with Crippen molar-refractivity contribution in [2.75, 3.05) is 0 Å². The van der Waals surface area contributed by atoms with Crippen molar-refractivity contribution < 1.29 is 14.5 Å². The van der Waals surface area contributed by atoms with E-state index in [1.54, 1.807) is 0 Å². The minimum Gasteiger partial charge on any atom is -0.278 e. The van der Waals surface area contributed by atoms with Gasteiger partial charge < -0.3 is 0 Å². The normalized spacial score (nSPS) is 15.6. The summed E-state index contributed by atoms with van der Waals surface area (Å²) in [4.78, 5) is 34.7. The number of benzene rings is 1. The van der Waals surface area contributed by atoms with Crippen molar-refractivity contribution in [1.29, 1.82) is 0 Å². The molecule has 20 heavy (non-hydrogen) atoms. The molecule has 0 bridgehead atoms. The summed E-state index contributed by atoms with van der Waals surface area (Å²) in [6.45, 7) is 0. The van der Waals surface area contributed by atoms with Gasteiger partial charge in [-0.2, -0.15) is 0 Å². The predicted octanol–water partition coefficient (Wildman–Crippen LogP) is 2.53. The summed E-state index contributed by atoms with van der Waals surface area (Å²) in [6.07, 6.45) is 5.40. The van der Waals surface area contributed by atoms with E-state index in [0.717, 1.165) is 32.1 Å². The molecule has 0 radical (unpaired) electrons. The Kier molecular flexibility index (Phi) is 4.45. The van der Waals surface area contributed by atoms with Crippen LogP contribution >= 0.6 is 0 Å². The number of carbonyl (C=O) groups excluding carboxylic acids is 2. The Hall–Kier alpha value is -2.24. The number of rotatable bonds is 4. The number of carbonyl (C=O) groups is 2. The van der Waals surface area contributed by atoms with Gasteiger partial charge >= 0.3 is 0 Å².